The fraction of sp³-hybridized carbons (Fsp3) is 0.227. The number of hydrogen-bond donors (Lipinski definition) is 1. The maximum Gasteiger partial charge on any atom is 0.271 e. The second-order valence-corrected chi connectivity index (χ2v) is 6.97. The standard InChI is InChI=1S/C22H25N5O/c1-16-13-17(2)27(25-16)15-19-5-9-20(10-6-19)22(28)24-23-14-18-7-11-21(12-8-18)26(3)4/h5-14H,15H2,1-4H3,(H,24,28)/b23-14-. The van der Waals surface area contributed by atoms with Gasteiger partial charge in [0.05, 0.1) is 18.5 Å². The van der Waals surface area contributed by atoms with E-state index < -0.39 is 0 Å². The van der Waals surface area contributed by atoms with Gasteiger partial charge in [-0.05, 0) is 55.3 Å². The van der Waals surface area contributed by atoms with Crippen molar-refractivity contribution in [2.45, 2.75) is 20.4 Å². The van der Waals surface area contributed by atoms with E-state index in [9.17, 15) is 4.79 Å². The second-order valence-electron chi connectivity index (χ2n) is 6.97. The highest BCUT2D eigenvalue weighted by atomic mass is 16.2. The molecule has 0 aliphatic carbocycles. The lowest BCUT2D eigenvalue weighted by molar-refractivity contribution is 0.0955. The highest BCUT2D eigenvalue weighted by molar-refractivity contribution is 5.94. The summed E-state index contributed by atoms with van der Waals surface area (Å²) in [5.74, 6) is -0.237. The van der Waals surface area contributed by atoms with E-state index in [1.54, 1.807) is 18.3 Å². The van der Waals surface area contributed by atoms with Gasteiger partial charge >= 0.3 is 0 Å². The van der Waals surface area contributed by atoms with Crippen molar-refractivity contribution in [1.29, 1.82) is 0 Å². The molecule has 0 unspecified atom stereocenters. The Morgan fingerprint density at radius 1 is 1.11 bits per heavy atom. The van der Waals surface area contributed by atoms with Crippen LogP contribution in [0.15, 0.2) is 59.7 Å². The Hall–Kier alpha value is -3.41. The predicted octanol–water partition coefficient (Wildman–Crippen LogP) is 3.38. The number of hydrazone groups is 1. The second kappa shape index (κ2) is 8.52. The Morgan fingerprint density at radius 3 is 2.36 bits per heavy atom. The van der Waals surface area contributed by atoms with Crippen LogP contribution in [0.5, 0.6) is 0 Å². The first-order valence-corrected chi connectivity index (χ1v) is 9.13. The van der Waals surface area contributed by atoms with Crippen molar-refractivity contribution >= 4 is 17.8 Å². The molecule has 0 aliphatic rings. The average molecular weight is 375 g/mol. The molecule has 0 radical (unpaired) electrons. The SMILES string of the molecule is Cc1cc(C)n(Cc2ccc(C(=O)N/N=C\c3ccc(N(C)C)cc3)cc2)n1. The van der Waals surface area contributed by atoms with Gasteiger partial charge in [0.2, 0.25) is 0 Å². The lowest BCUT2D eigenvalue weighted by atomic mass is 10.1. The number of amides is 1. The molecule has 0 saturated heterocycles. The molecule has 0 aliphatic heterocycles. The minimum atomic E-state index is -0.237. The van der Waals surface area contributed by atoms with Crippen molar-refractivity contribution in [3.05, 3.63) is 82.7 Å². The predicted molar refractivity (Wildman–Crippen MR) is 113 cm³/mol. The van der Waals surface area contributed by atoms with E-state index in [0.717, 1.165) is 28.2 Å². The molecule has 0 atom stereocenters. The van der Waals surface area contributed by atoms with Gasteiger partial charge < -0.3 is 4.90 Å². The van der Waals surface area contributed by atoms with Gasteiger partial charge in [-0.1, -0.05) is 24.3 Å². The molecule has 0 spiro atoms. The minimum Gasteiger partial charge on any atom is -0.378 e. The lowest BCUT2D eigenvalue weighted by Crippen LogP contribution is -2.17. The van der Waals surface area contributed by atoms with Crippen LogP contribution in [0.2, 0.25) is 0 Å². The number of nitrogens with zero attached hydrogens (tertiary/aromatic N) is 4. The van der Waals surface area contributed by atoms with E-state index in [-0.39, 0.29) is 5.91 Å². The molecule has 0 fully saturated rings. The number of carbonyl (C=O) groups is 1. The van der Waals surface area contributed by atoms with E-state index in [4.69, 9.17) is 0 Å². The van der Waals surface area contributed by atoms with Gasteiger partial charge in [-0.3, -0.25) is 9.48 Å². The van der Waals surface area contributed by atoms with Crippen molar-refractivity contribution in [2.75, 3.05) is 19.0 Å². The lowest BCUT2D eigenvalue weighted by Gasteiger charge is -2.11. The van der Waals surface area contributed by atoms with E-state index in [1.165, 1.54) is 0 Å². The number of anilines is 1. The zero-order valence-electron chi connectivity index (χ0n) is 16.7. The molecule has 144 valence electrons. The number of aromatic nitrogens is 2. The van der Waals surface area contributed by atoms with Crippen molar-refractivity contribution in [2.24, 2.45) is 5.10 Å². The van der Waals surface area contributed by atoms with Gasteiger partial charge in [0.15, 0.2) is 0 Å². The average Bonchev–Trinajstić information content (AvgIpc) is 2.99. The van der Waals surface area contributed by atoms with Crippen LogP contribution in [-0.2, 0) is 6.54 Å². The summed E-state index contributed by atoms with van der Waals surface area (Å²) in [6.07, 6.45) is 1.63. The topological polar surface area (TPSA) is 62.5 Å². The third-order valence-corrected chi connectivity index (χ3v) is 4.44. The zero-order valence-corrected chi connectivity index (χ0v) is 16.7. The largest absolute Gasteiger partial charge is 0.378 e. The van der Waals surface area contributed by atoms with Gasteiger partial charge in [-0.25, -0.2) is 5.43 Å². The fourth-order valence-electron chi connectivity index (χ4n) is 2.86. The summed E-state index contributed by atoms with van der Waals surface area (Å²) in [5.41, 5.74) is 8.38. The van der Waals surface area contributed by atoms with Crippen LogP contribution < -0.4 is 10.3 Å². The monoisotopic (exact) mass is 375 g/mol. The van der Waals surface area contributed by atoms with Gasteiger partial charge in [-0.15, -0.1) is 0 Å². The van der Waals surface area contributed by atoms with Crippen molar-refractivity contribution in [3.63, 3.8) is 0 Å². The number of benzene rings is 2. The summed E-state index contributed by atoms with van der Waals surface area (Å²) >= 11 is 0. The Balaban J connectivity index is 1.57. The molecule has 3 rings (SSSR count). The fourth-order valence-corrected chi connectivity index (χ4v) is 2.86. The van der Waals surface area contributed by atoms with Gasteiger partial charge in [0.25, 0.3) is 5.91 Å². The van der Waals surface area contributed by atoms with Gasteiger partial charge in [0, 0.05) is 31.0 Å². The highest BCUT2D eigenvalue weighted by Crippen LogP contribution is 2.11. The first-order valence-electron chi connectivity index (χ1n) is 9.13. The van der Waals surface area contributed by atoms with Gasteiger partial charge in [-0.2, -0.15) is 10.2 Å². The minimum absolute atomic E-state index is 0.237. The molecule has 3 aromatic rings. The maximum atomic E-state index is 12.3. The molecule has 0 saturated carbocycles. The Labute approximate surface area is 165 Å². The molecular weight excluding hydrogens is 350 g/mol. The van der Waals surface area contributed by atoms with E-state index >= 15 is 0 Å². The highest BCUT2D eigenvalue weighted by Gasteiger charge is 2.06. The summed E-state index contributed by atoms with van der Waals surface area (Å²) in [6.45, 7) is 4.70. The summed E-state index contributed by atoms with van der Waals surface area (Å²) in [7, 11) is 3.98. The summed E-state index contributed by atoms with van der Waals surface area (Å²) in [6, 6.07) is 17.5. The van der Waals surface area contributed by atoms with Crippen LogP contribution in [-0.4, -0.2) is 36.0 Å². The Bertz CT molecular complexity index is 969. The number of nitrogens with one attached hydrogen (secondary N) is 1. The molecule has 6 nitrogen and oxygen atoms in total. The van der Waals surface area contributed by atoms with Crippen LogP contribution in [0.4, 0.5) is 5.69 Å². The Kier molecular flexibility index (Phi) is 5.89. The molecule has 2 aromatic carbocycles. The number of carbonyl (C=O) groups excluding carboxylic acids is 1. The first-order chi connectivity index (χ1) is 13.4. The van der Waals surface area contributed by atoms with Crippen molar-refractivity contribution in [3.8, 4) is 0 Å². The molecule has 1 heterocycles. The smallest absolute Gasteiger partial charge is 0.271 e. The summed E-state index contributed by atoms with van der Waals surface area (Å²) < 4.78 is 1.95. The molecule has 28 heavy (non-hydrogen) atoms. The number of rotatable bonds is 6. The van der Waals surface area contributed by atoms with Crippen LogP contribution in [0.3, 0.4) is 0 Å². The number of hydrogen-bond acceptors (Lipinski definition) is 4. The summed E-state index contributed by atoms with van der Waals surface area (Å²) in [4.78, 5) is 14.3. The number of aryl methyl sites for hydroxylation is 2. The van der Waals surface area contributed by atoms with Crippen LogP contribution in [0.25, 0.3) is 0 Å². The molecular formula is C22H25N5O. The maximum absolute atomic E-state index is 12.3. The molecule has 1 aromatic heterocycles. The molecule has 1 amide bonds. The summed E-state index contributed by atoms with van der Waals surface area (Å²) in [5, 5.41) is 8.51. The first kappa shape index (κ1) is 19.4. The molecule has 1 N–H and O–H groups in total. The van der Waals surface area contributed by atoms with E-state index in [2.05, 4.69) is 15.6 Å². The van der Waals surface area contributed by atoms with Gasteiger partial charge in [0.1, 0.15) is 0 Å². The van der Waals surface area contributed by atoms with E-state index in [0.29, 0.717) is 12.1 Å². The molecule has 0 bridgehead atoms. The van der Waals surface area contributed by atoms with Crippen LogP contribution in [0.1, 0.15) is 32.9 Å². The van der Waals surface area contributed by atoms with Crippen molar-refractivity contribution in [1.82, 2.24) is 15.2 Å². The van der Waals surface area contributed by atoms with Crippen molar-refractivity contribution < 1.29 is 4.79 Å². The van der Waals surface area contributed by atoms with Crippen LogP contribution >= 0.6 is 0 Å². The third kappa shape index (κ3) is 4.85. The quantitative estimate of drug-likeness (QED) is 0.531. The molecule has 6 heteroatoms. The van der Waals surface area contributed by atoms with E-state index in [1.807, 2.05) is 80.0 Å². The third-order valence-electron chi connectivity index (χ3n) is 4.44. The zero-order chi connectivity index (χ0) is 20.1. The van der Waals surface area contributed by atoms with Crippen LogP contribution in [0, 0.1) is 13.8 Å². The Morgan fingerprint density at radius 2 is 1.79 bits per heavy atom. The normalized spacial score (nSPS) is 11.0.